The number of fused-ring (bicyclic) bond motifs is 2. The van der Waals surface area contributed by atoms with Crippen LogP contribution in [-0.2, 0) is 0 Å². The number of hydrogen-bond donors (Lipinski definition) is 4. The first-order valence-corrected chi connectivity index (χ1v) is 18.0. The molecule has 0 spiro atoms. The summed E-state index contributed by atoms with van der Waals surface area (Å²) in [5.41, 5.74) is 0.880. The van der Waals surface area contributed by atoms with Crippen LogP contribution in [-0.4, -0.2) is 22.0 Å². The van der Waals surface area contributed by atoms with Crippen molar-refractivity contribution in [1.82, 2.24) is 0 Å². The van der Waals surface area contributed by atoms with Crippen LogP contribution in [0.5, 0.6) is 11.5 Å². The van der Waals surface area contributed by atoms with Gasteiger partial charge in [0.05, 0.1) is 31.9 Å². The number of carbonyl (C=O) groups is 2. The topological polar surface area (TPSA) is 148 Å². The fourth-order valence-corrected chi connectivity index (χ4v) is 6.47. The van der Waals surface area contributed by atoms with E-state index in [1.807, 2.05) is 0 Å². The van der Waals surface area contributed by atoms with Gasteiger partial charge in [0.1, 0.15) is 22.7 Å². The number of halogens is 5. The summed E-state index contributed by atoms with van der Waals surface area (Å²) in [5, 5.41) is 48.6. The Hall–Kier alpha value is -5.75. The van der Waals surface area contributed by atoms with Crippen LogP contribution in [0.4, 0.5) is 34.1 Å². The molecule has 0 saturated carbocycles. The average Bonchev–Trinajstić information content (AvgIpc) is 3.17. The number of rotatable bonds is 8. The number of nitrogens with one attached hydrogen (secondary N) is 2. The van der Waals surface area contributed by atoms with Crippen molar-refractivity contribution in [3.63, 3.8) is 0 Å². The highest BCUT2D eigenvalue weighted by atomic mass is 35.5. The quantitative estimate of drug-likeness (QED) is 0.113. The van der Waals surface area contributed by atoms with Gasteiger partial charge in [-0.1, -0.05) is 107 Å². The van der Waals surface area contributed by atoms with E-state index >= 15 is 0 Å². The first kappa shape index (κ1) is 37.6. The maximum Gasteiger partial charge on any atom is 0.259 e. The predicted molar refractivity (Wildman–Crippen MR) is 220 cm³/mol. The van der Waals surface area contributed by atoms with Crippen LogP contribution < -0.4 is 10.6 Å². The Morgan fingerprint density at radius 1 is 0.491 bits per heavy atom. The fraction of sp³-hybridized carbons (Fsp3) is 0. The zero-order valence-electron chi connectivity index (χ0n) is 27.9. The summed E-state index contributed by atoms with van der Waals surface area (Å²) in [4.78, 5) is 27.2. The van der Waals surface area contributed by atoms with Gasteiger partial charge in [-0.05, 0) is 77.5 Å². The summed E-state index contributed by atoms with van der Waals surface area (Å²) in [6.45, 7) is 0. The van der Waals surface area contributed by atoms with Crippen molar-refractivity contribution in [1.29, 1.82) is 0 Å². The lowest BCUT2D eigenvalue weighted by Crippen LogP contribution is -2.14. The van der Waals surface area contributed by atoms with Gasteiger partial charge in [0.2, 0.25) is 0 Å². The molecule has 10 nitrogen and oxygen atoms in total. The van der Waals surface area contributed by atoms with Gasteiger partial charge in [-0.15, -0.1) is 20.5 Å². The maximum atomic E-state index is 13.6. The summed E-state index contributed by atoms with van der Waals surface area (Å²) in [6, 6.07) is 30.9. The number of amides is 2. The predicted octanol–water partition coefficient (Wildman–Crippen LogP) is 14.0. The number of aromatic hydroxyl groups is 2. The smallest absolute Gasteiger partial charge is 0.259 e. The van der Waals surface area contributed by atoms with E-state index in [0.29, 0.717) is 41.6 Å². The van der Waals surface area contributed by atoms with Crippen LogP contribution in [0.2, 0.25) is 25.1 Å². The number of carbonyl (C=O) groups excluding carboxylic acids is 2. The highest BCUT2D eigenvalue weighted by Crippen LogP contribution is 2.42. The molecular formula is C40H23Cl5N6O4. The van der Waals surface area contributed by atoms with E-state index in [1.54, 1.807) is 72.8 Å². The number of hydrogen-bond acceptors (Lipinski definition) is 8. The van der Waals surface area contributed by atoms with Crippen molar-refractivity contribution in [2.24, 2.45) is 20.5 Å². The second-order valence-electron chi connectivity index (χ2n) is 11.9. The molecule has 0 bridgehead atoms. The lowest BCUT2D eigenvalue weighted by molar-refractivity contribution is 0.101. The molecule has 2 amide bonds. The average molecular weight is 829 g/mol. The molecule has 4 N–H and O–H groups in total. The molecule has 7 aromatic carbocycles. The zero-order chi connectivity index (χ0) is 38.8. The minimum absolute atomic E-state index is 0.0401. The van der Waals surface area contributed by atoms with E-state index in [0.717, 1.165) is 0 Å². The number of nitrogens with zero attached hydrogens (tertiary/aromatic N) is 4. The number of benzene rings is 7. The first-order valence-electron chi connectivity index (χ1n) is 16.1. The summed E-state index contributed by atoms with van der Waals surface area (Å²) in [7, 11) is 0. The molecule has 0 heterocycles. The molecule has 7 aromatic rings. The van der Waals surface area contributed by atoms with Crippen LogP contribution in [0.3, 0.4) is 0 Å². The molecule has 0 unspecified atom stereocenters. The van der Waals surface area contributed by atoms with E-state index in [4.69, 9.17) is 58.0 Å². The second kappa shape index (κ2) is 15.9. The van der Waals surface area contributed by atoms with Gasteiger partial charge in [-0.25, -0.2) is 0 Å². The summed E-state index contributed by atoms with van der Waals surface area (Å²) in [6.07, 6.45) is 0. The molecule has 0 saturated heterocycles. The van der Waals surface area contributed by atoms with Crippen LogP contribution >= 0.6 is 58.0 Å². The monoisotopic (exact) mass is 826 g/mol. The van der Waals surface area contributed by atoms with Gasteiger partial charge in [-0.2, -0.15) is 0 Å². The van der Waals surface area contributed by atoms with Crippen LogP contribution in [0.15, 0.2) is 136 Å². The summed E-state index contributed by atoms with van der Waals surface area (Å²) < 4.78 is 0. The lowest BCUT2D eigenvalue weighted by Gasteiger charge is -2.14. The van der Waals surface area contributed by atoms with Crippen molar-refractivity contribution in [3.8, 4) is 11.5 Å². The van der Waals surface area contributed by atoms with Gasteiger partial charge in [-0.3, -0.25) is 9.59 Å². The number of azo groups is 2. The van der Waals surface area contributed by atoms with E-state index in [9.17, 15) is 19.8 Å². The maximum absolute atomic E-state index is 13.6. The first-order chi connectivity index (χ1) is 26.5. The van der Waals surface area contributed by atoms with E-state index in [2.05, 4.69) is 31.1 Å². The summed E-state index contributed by atoms with van der Waals surface area (Å²) in [5.74, 6) is -2.21. The van der Waals surface area contributed by atoms with E-state index < -0.39 is 23.3 Å². The minimum Gasteiger partial charge on any atom is -0.505 e. The molecule has 0 radical (unpaired) electrons. The Kier molecular flexibility index (Phi) is 10.9. The van der Waals surface area contributed by atoms with E-state index in [1.165, 1.54) is 42.5 Å². The van der Waals surface area contributed by atoms with Crippen molar-refractivity contribution in [2.45, 2.75) is 0 Å². The largest absolute Gasteiger partial charge is 0.505 e. The van der Waals surface area contributed by atoms with Crippen LogP contribution in [0.1, 0.15) is 20.7 Å². The van der Waals surface area contributed by atoms with Crippen molar-refractivity contribution >= 4 is 125 Å². The van der Waals surface area contributed by atoms with Gasteiger partial charge in [0.25, 0.3) is 11.8 Å². The third kappa shape index (κ3) is 8.05. The Morgan fingerprint density at radius 3 is 1.45 bits per heavy atom. The third-order valence-electron chi connectivity index (χ3n) is 8.29. The molecule has 272 valence electrons. The van der Waals surface area contributed by atoms with Crippen molar-refractivity contribution < 1.29 is 19.8 Å². The van der Waals surface area contributed by atoms with Gasteiger partial charge < -0.3 is 20.8 Å². The van der Waals surface area contributed by atoms with Gasteiger partial charge >= 0.3 is 0 Å². The van der Waals surface area contributed by atoms with Crippen molar-refractivity contribution in [2.75, 3.05) is 10.6 Å². The van der Waals surface area contributed by atoms with Crippen molar-refractivity contribution in [3.05, 3.63) is 152 Å². The van der Waals surface area contributed by atoms with Gasteiger partial charge in [0.15, 0.2) is 11.5 Å². The Labute approximate surface area is 337 Å². The van der Waals surface area contributed by atoms with Crippen LogP contribution in [0.25, 0.3) is 21.5 Å². The lowest BCUT2D eigenvalue weighted by atomic mass is 10.0. The standard InChI is InChI=1S/C40H23Cl5N6O4/c41-22-9-12-29(43)33(17-22)48-50-35-25-7-3-1-5-20(25)15-27(37(35)52)39(54)46-24-11-14-32(31(45)19-24)47-40(55)28-16-21-6-2-4-8-26(21)36(38(28)53)51-49-34-18-23(42)10-13-30(34)44/h1-19,52-53H,(H,46,54)(H,47,55)/b50-48+,51-49+. The Morgan fingerprint density at radius 2 is 0.964 bits per heavy atom. The normalized spacial score (nSPS) is 11.5. The Balaban J connectivity index is 1.14. The third-order valence-corrected chi connectivity index (χ3v) is 9.71. The number of phenolic OH excluding ortho intramolecular Hbond substituents is 2. The molecule has 7 rings (SSSR count). The molecule has 55 heavy (non-hydrogen) atoms. The molecule has 15 heteroatoms. The molecule has 0 fully saturated rings. The molecule has 0 aliphatic carbocycles. The minimum atomic E-state index is -0.694. The SMILES string of the molecule is O=C(Nc1ccc(NC(=O)c2cc3ccccc3c(/N=N/c3cc(Cl)ccc3Cl)c2O)c(Cl)c1)c1cc2ccccc2c(/N=N/c2cc(Cl)ccc2Cl)c1O. The highest BCUT2D eigenvalue weighted by molar-refractivity contribution is 6.36. The second-order valence-corrected chi connectivity index (χ2v) is 14.0. The summed E-state index contributed by atoms with van der Waals surface area (Å²) >= 11 is 31.3. The highest BCUT2D eigenvalue weighted by Gasteiger charge is 2.22. The molecule has 0 atom stereocenters. The molecule has 0 aliphatic heterocycles. The zero-order valence-corrected chi connectivity index (χ0v) is 31.6. The molecule has 0 aliphatic rings. The van der Waals surface area contributed by atoms with E-state index in [-0.39, 0.29) is 50.3 Å². The number of anilines is 2. The molecule has 0 aromatic heterocycles. The molecular weight excluding hydrogens is 806 g/mol. The number of phenols is 2. The fourth-order valence-electron chi connectivity index (χ4n) is 5.60. The van der Waals surface area contributed by atoms with Gasteiger partial charge in [0, 0.05) is 26.5 Å². The Bertz CT molecular complexity index is 2760. The van der Waals surface area contributed by atoms with Crippen LogP contribution in [0, 0.1) is 0 Å².